The van der Waals surface area contributed by atoms with Gasteiger partial charge in [-0.25, -0.2) is 9.97 Å². The number of aromatic nitrogens is 3. The van der Waals surface area contributed by atoms with Crippen LogP contribution in [0.25, 0.3) is 16.8 Å². The lowest BCUT2D eigenvalue weighted by Crippen LogP contribution is -2.41. The van der Waals surface area contributed by atoms with E-state index in [1.54, 1.807) is 18.5 Å². The summed E-state index contributed by atoms with van der Waals surface area (Å²) in [5.41, 5.74) is 2.04. The fourth-order valence-corrected chi connectivity index (χ4v) is 4.04. The molecule has 0 unspecified atom stereocenters. The van der Waals surface area contributed by atoms with Crippen LogP contribution < -0.4 is 20.3 Å². The van der Waals surface area contributed by atoms with Gasteiger partial charge in [0.15, 0.2) is 0 Å². The molecule has 4 rings (SSSR count). The van der Waals surface area contributed by atoms with Crippen molar-refractivity contribution in [1.82, 2.24) is 24.6 Å². The van der Waals surface area contributed by atoms with Gasteiger partial charge >= 0.3 is 0 Å². The Kier molecular flexibility index (Phi) is 7.85. The van der Waals surface area contributed by atoms with Crippen LogP contribution in [0, 0.1) is 0 Å². The molecule has 1 aliphatic heterocycles. The smallest absolute Gasteiger partial charge is 0.300 e. The minimum atomic E-state index is -0.343. The topological polar surface area (TPSA) is 107 Å². The molecule has 0 aliphatic carbocycles. The number of amides is 1. The van der Waals surface area contributed by atoms with Crippen molar-refractivity contribution in [3.63, 3.8) is 0 Å². The summed E-state index contributed by atoms with van der Waals surface area (Å²) in [6.45, 7) is 10.0. The molecule has 0 radical (unpaired) electrons. The van der Waals surface area contributed by atoms with E-state index in [1.165, 1.54) is 17.7 Å². The highest BCUT2D eigenvalue weighted by Crippen LogP contribution is 2.25. The zero-order valence-electron chi connectivity index (χ0n) is 21.2. The van der Waals surface area contributed by atoms with Crippen LogP contribution in [0.3, 0.4) is 0 Å². The lowest BCUT2D eigenvalue weighted by molar-refractivity contribution is -0.121. The van der Waals surface area contributed by atoms with E-state index in [0.717, 1.165) is 24.2 Å². The summed E-state index contributed by atoms with van der Waals surface area (Å²) in [5, 5.41) is 2.95. The van der Waals surface area contributed by atoms with E-state index < -0.39 is 0 Å². The van der Waals surface area contributed by atoms with Crippen LogP contribution in [0.5, 0.6) is 11.6 Å². The van der Waals surface area contributed by atoms with Crippen molar-refractivity contribution >= 4 is 11.6 Å². The summed E-state index contributed by atoms with van der Waals surface area (Å²) in [5.74, 6) is 0.459. The van der Waals surface area contributed by atoms with Crippen molar-refractivity contribution in [2.45, 2.75) is 32.7 Å². The molecule has 0 aromatic carbocycles. The summed E-state index contributed by atoms with van der Waals surface area (Å²) in [4.78, 5) is 36.6. The van der Waals surface area contributed by atoms with Crippen LogP contribution in [-0.4, -0.2) is 77.3 Å². The third-order valence-corrected chi connectivity index (χ3v) is 5.76. The second-order valence-corrected chi connectivity index (χ2v) is 9.74. The number of methoxy groups -OCH3 is 1. The summed E-state index contributed by atoms with van der Waals surface area (Å²) in [6, 6.07) is 5.49. The molecule has 1 amide bonds. The zero-order chi connectivity index (χ0) is 25.7. The standard InChI is InChI=1S/C26H33N5O5/c1-26(2,3)29-23(32)14-19-13-20(15-28-24(19)34-4)18-5-6-22-27-16-21(25(33)31(22)17-18)36-12-9-30-7-10-35-11-8-30/h5-6,13,15-17H,7-12,14H2,1-4H3,(H,29,32). The highest BCUT2D eigenvalue weighted by molar-refractivity contribution is 5.80. The van der Waals surface area contributed by atoms with Gasteiger partial charge in [0.25, 0.3) is 5.56 Å². The Bertz CT molecular complexity index is 1280. The average molecular weight is 496 g/mol. The first-order valence-electron chi connectivity index (χ1n) is 12.0. The van der Waals surface area contributed by atoms with Crippen LogP contribution in [-0.2, 0) is 16.0 Å². The molecular weight excluding hydrogens is 462 g/mol. The molecule has 1 saturated heterocycles. The zero-order valence-corrected chi connectivity index (χ0v) is 21.2. The number of morpholine rings is 1. The van der Waals surface area contributed by atoms with Crippen LogP contribution in [0.15, 0.2) is 41.6 Å². The number of nitrogens with one attached hydrogen (secondary N) is 1. The van der Waals surface area contributed by atoms with E-state index in [9.17, 15) is 9.59 Å². The minimum absolute atomic E-state index is 0.123. The number of fused-ring (bicyclic) bond motifs is 1. The Balaban J connectivity index is 1.56. The maximum atomic E-state index is 13.1. The summed E-state index contributed by atoms with van der Waals surface area (Å²) in [7, 11) is 1.52. The Morgan fingerprint density at radius 1 is 1.14 bits per heavy atom. The molecule has 1 N–H and O–H groups in total. The second kappa shape index (κ2) is 11.0. The molecule has 0 bridgehead atoms. The molecule has 0 spiro atoms. The molecule has 4 heterocycles. The fraction of sp³-hybridized carbons (Fsp3) is 0.462. The summed E-state index contributed by atoms with van der Waals surface area (Å²) < 4.78 is 18.0. The number of hydrogen-bond donors (Lipinski definition) is 1. The van der Waals surface area contributed by atoms with Crippen LogP contribution in [0.4, 0.5) is 0 Å². The Morgan fingerprint density at radius 3 is 2.64 bits per heavy atom. The molecule has 0 saturated carbocycles. The number of carbonyl (C=O) groups is 1. The average Bonchev–Trinajstić information content (AvgIpc) is 2.85. The highest BCUT2D eigenvalue weighted by atomic mass is 16.5. The van der Waals surface area contributed by atoms with Gasteiger partial charge < -0.3 is 19.5 Å². The lowest BCUT2D eigenvalue weighted by atomic mass is 10.0. The van der Waals surface area contributed by atoms with Gasteiger partial charge in [0, 0.05) is 54.3 Å². The van der Waals surface area contributed by atoms with Crippen molar-refractivity contribution in [3.8, 4) is 22.8 Å². The van der Waals surface area contributed by atoms with Gasteiger partial charge in [-0.3, -0.25) is 18.9 Å². The van der Waals surface area contributed by atoms with Gasteiger partial charge in [-0.05, 0) is 39.0 Å². The van der Waals surface area contributed by atoms with Crippen LogP contribution in [0.2, 0.25) is 0 Å². The van der Waals surface area contributed by atoms with Crippen molar-refractivity contribution in [1.29, 1.82) is 0 Å². The minimum Gasteiger partial charge on any atom is -0.485 e. The summed E-state index contributed by atoms with van der Waals surface area (Å²) >= 11 is 0. The molecule has 1 fully saturated rings. The largest absolute Gasteiger partial charge is 0.485 e. The molecule has 3 aromatic heterocycles. The third-order valence-electron chi connectivity index (χ3n) is 5.76. The Hall–Kier alpha value is -3.50. The number of rotatable bonds is 8. The van der Waals surface area contributed by atoms with Gasteiger partial charge in [0.2, 0.25) is 17.5 Å². The van der Waals surface area contributed by atoms with Crippen molar-refractivity contribution in [3.05, 3.63) is 52.7 Å². The molecule has 1 aliphatic rings. The summed E-state index contributed by atoms with van der Waals surface area (Å²) in [6.07, 6.45) is 4.96. The first-order chi connectivity index (χ1) is 17.2. The predicted molar refractivity (Wildman–Crippen MR) is 136 cm³/mol. The number of ether oxygens (including phenoxy) is 3. The number of nitrogens with zero attached hydrogens (tertiary/aromatic N) is 4. The van der Waals surface area contributed by atoms with E-state index >= 15 is 0 Å². The highest BCUT2D eigenvalue weighted by Gasteiger charge is 2.18. The van der Waals surface area contributed by atoms with E-state index in [0.29, 0.717) is 43.5 Å². The first kappa shape index (κ1) is 25.6. The van der Waals surface area contributed by atoms with Gasteiger partial charge in [-0.1, -0.05) is 0 Å². The van der Waals surface area contributed by atoms with E-state index in [1.807, 2.05) is 32.9 Å². The molecule has 3 aromatic rings. The van der Waals surface area contributed by atoms with Crippen molar-refractivity contribution in [2.75, 3.05) is 46.6 Å². The SMILES string of the molecule is COc1ncc(-c2ccc3ncc(OCCN4CCOCC4)c(=O)n3c2)cc1CC(=O)NC(C)(C)C. The quantitative estimate of drug-likeness (QED) is 0.505. The maximum Gasteiger partial charge on any atom is 0.300 e. The molecule has 192 valence electrons. The Labute approximate surface area is 210 Å². The Morgan fingerprint density at radius 2 is 1.92 bits per heavy atom. The molecule has 36 heavy (non-hydrogen) atoms. The first-order valence-corrected chi connectivity index (χ1v) is 12.0. The van der Waals surface area contributed by atoms with E-state index in [-0.39, 0.29) is 29.2 Å². The fourth-order valence-electron chi connectivity index (χ4n) is 4.04. The van der Waals surface area contributed by atoms with Gasteiger partial charge in [0.1, 0.15) is 12.3 Å². The van der Waals surface area contributed by atoms with Gasteiger partial charge in [-0.2, -0.15) is 0 Å². The van der Waals surface area contributed by atoms with Gasteiger partial charge in [0.05, 0.1) is 32.9 Å². The second-order valence-electron chi connectivity index (χ2n) is 9.74. The van der Waals surface area contributed by atoms with E-state index in [4.69, 9.17) is 14.2 Å². The monoisotopic (exact) mass is 495 g/mol. The predicted octanol–water partition coefficient (Wildman–Crippen LogP) is 1.93. The van der Waals surface area contributed by atoms with Crippen LogP contribution >= 0.6 is 0 Å². The maximum absolute atomic E-state index is 13.1. The normalized spacial score (nSPS) is 14.6. The van der Waals surface area contributed by atoms with Crippen molar-refractivity contribution < 1.29 is 19.0 Å². The molecular formula is C26H33N5O5. The van der Waals surface area contributed by atoms with E-state index in [2.05, 4.69) is 20.2 Å². The lowest BCUT2D eigenvalue weighted by Gasteiger charge is -2.26. The third kappa shape index (κ3) is 6.38. The van der Waals surface area contributed by atoms with Crippen molar-refractivity contribution in [2.24, 2.45) is 0 Å². The number of carbonyl (C=O) groups excluding carboxylic acids is 1. The molecule has 10 heteroatoms. The molecule has 10 nitrogen and oxygen atoms in total. The number of pyridine rings is 2. The molecule has 0 atom stereocenters. The van der Waals surface area contributed by atoms with Gasteiger partial charge in [-0.15, -0.1) is 0 Å². The number of hydrogen-bond acceptors (Lipinski definition) is 8. The van der Waals surface area contributed by atoms with Crippen LogP contribution in [0.1, 0.15) is 26.3 Å².